The molecule has 4 rings (SSSR count). The standard InChI is InChI=1S/C21H28N4OS/c1-15(2)20-22-21(27-23-20)24-10-7-16(8-11-24)13-19(26)25-12-9-17-5-3-4-6-18(17)14-25/h3-6,15-16H,7-14H2,1-2H3. The summed E-state index contributed by atoms with van der Waals surface area (Å²) in [6.07, 6.45) is 3.79. The Kier molecular flexibility index (Phi) is 5.43. The van der Waals surface area contributed by atoms with Crippen molar-refractivity contribution in [1.82, 2.24) is 14.3 Å². The third kappa shape index (κ3) is 4.15. The first-order chi connectivity index (χ1) is 13.1. The quantitative estimate of drug-likeness (QED) is 0.803. The summed E-state index contributed by atoms with van der Waals surface area (Å²) >= 11 is 1.51. The van der Waals surface area contributed by atoms with Gasteiger partial charge in [0.1, 0.15) is 5.82 Å². The van der Waals surface area contributed by atoms with Crippen molar-refractivity contribution in [3.63, 3.8) is 0 Å². The minimum Gasteiger partial charge on any atom is -0.347 e. The van der Waals surface area contributed by atoms with Crippen LogP contribution >= 0.6 is 11.5 Å². The van der Waals surface area contributed by atoms with E-state index in [1.807, 2.05) is 4.90 Å². The highest BCUT2D eigenvalue weighted by atomic mass is 32.1. The number of carbonyl (C=O) groups is 1. The van der Waals surface area contributed by atoms with E-state index in [4.69, 9.17) is 0 Å². The second-order valence-corrected chi connectivity index (χ2v) is 8.79. The number of rotatable bonds is 4. The van der Waals surface area contributed by atoms with E-state index < -0.39 is 0 Å². The lowest BCUT2D eigenvalue weighted by Gasteiger charge is -2.34. The molecule has 1 fully saturated rings. The third-order valence-electron chi connectivity index (χ3n) is 5.78. The van der Waals surface area contributed by atoms with E-state index in [0.29, 0.717) is 24.2 Å². The Morgan fingerprint density at radius 1 is 1.19 bits per heavy atom. The fourth-order valence-corrected chi connectivity index (χ4v) is 4.86. The molecule has 2 aliphatic heterocycles. The predicted octanol–water partition coefficient (Wildman–Crippen LogP) is 3.85. The topological polar surface area (TPSA) is 49.3 Å². The van der Waals surface area contributed by atoms with Crippen molar-refractivity contribution in [2.45, 2.75) is 52.0 Å². The number of benzene rings is 1. The van der Waals surface area contributed by atoms with Gasteiger partial charge in [-0.15, -0.1) is 0 Å². The predicted molar refractivity (Wildman–Crippen MR) is 109 cm³/mol. The van der Waals surface area contributed by atoms with Gasteiger partial charge in [0.05, 0.1) is 0 Å². The van der Waals surface area contributed by atoms with Gasteiger partial charge in [0.15, 0.2) is 0 Å². The molecule has 0 N–H and O–H groups in total. The fraction of sp³-hybridized carbons (Fsp3) is 0.571. The molecule has 27 heavy (non-hydrogen) atoms. The van der Waals surface area contributed by atoms with E-state index in [1.165, 1.54) is 22.7 Å². The van der Waals surface area contributed by atoms with Gasteiger partial charge in [0.2, 0.25) is 11.0 Å². The zero-order valence-corrected chi connectivity index (χ0v) is 17.0. The molecule has 0 spiro atoms. The summed E-state index contributed by atoms with van der Waals surface area (Å²) in [4.78, 5) is 21.9. The van der Waals surface area contributed by atoms with Crippen molar-refractivity contribution < 1.29 is 4.79 Å². The monoisotopic (exact) mass is 384 g/mol. The smallest absolute Gasteiger partial charge is 0.223 e. The molecular weight excluding hydrogens is 356 g/mol. The molecule has 0 aliphatic carbocycles. The maximum atomic E-state index is 12.8. The number of aromatic nitrogens is 2. The molecule has 3 heterocycles. The van der Waals surface area contributed by atoms with Crippen LogP contribution < -0.4 is 4.90 Å². The number of piperidine rings is 1. The van der Waals surface area contributed by atoms with Gasteiger partial charge >= 0.3 is 0 Å². The molecule has 6 heteroatoms. The van der Waals surface area contributed by atoms with Gasteiger partial charge in [-0.1, -0.05) is 38.1 Å². The zero-order valence-electron chi connectivity index (χ0n) is 16.2. The molecule has 2 aromatic rings. The van der Waals surface area contributed by atoms with Gasteiger partial charge in [0.25, 0.3) is 0 Å². The molecule has 0 atom stereocenters. The Hall–Kier alpha value is -1.95. The van der Waals surface area contributed by atoms with Crippen LogP contribution in [0.2, 0.25) is 0 Å². The average molecular weight is 385 g/mol. The van der Waals surface area contributed by atoms with E-state index >= 15 is 0 Å². The van der Waals surface area contributed by atoms with Crippen LogP contribution in [0.3, 0.4) is 0 Å². The van der Waals surface area contributed by atoms with Crippen LogP contribution in [-0.2, 0) is 17.8 Å². The third-order valence-corrected chi connectivity index (χ3v) is 6.57. The number of fused-ring (bicyclic) bond motifs is 1. The number of carbonyl (C=O) groups excluding carboxylic acids is 1. The largest absolute Gasteiger partial charge is 0.347 e. The molecular formula is C21H28N4OS. The molecule has 0 saturated carbocycles. The summed E-state index contributed by atoms with van der Waals surface area (Å²) in [6, 6.07) is 8.50. The lowest BCUT2D eigenvalue weighted by atomic mass is 9.92. The maximum absolute atomic E-state index is 12.8. The van der Waals surface area contributed by atoms with E-state index in [1.54, 1.807) is 0 Å². The van der Waals surface area contributed by atoms with Crippen molar-refractivity contribution >= 4 is 22.6 Å². The molecule has 1 aromatic carbocycles. The van der Waals surface area contributed by atoms with Crippen molar-refractivity contribution in [2.24, 2.45) is 5.92 Å². The van der Waals surface area contributed by atoms with Crippen LogP contribution in [0.5, 0.6) is 0 Å². The Morgan fingerprint density at radius 3 is 2.63 bits per heavy atom. The van der Waals surface area contributed by atoms with Crippen molar-refractivity contribution in [3.05, 3.63) is 41.2 Å². The molecule has 0 radical (unpaired) electrons. The second kappa shape index (κ2) is 7.97. The van der Waals surface area contributed by atoms with E-state index in [0.717, 1.165) is 56.4 Å². The molecule has 5 nitrogen and oxygen atoms in total. The van der Waals surface area contributed by atoms with Gasteiger partial charge in [-0.2, -0.15) is 4.37 Å². The van der Waals surface area contributed by atoms with Gasteiger partial charge in [-0.3, -0.25) is 4.79 Å². The van der Waals surface area contributed by atoms with Crippen LogP contribution in [0.4, 0.5) is 5.13 Å². The number of nitrogens with zero attached hydrogens (tertiary/aromatic N) is 4. The van der Waals surface area contributed by atoms with Gasteiger partial charge in [-0.05, 0) is 36.3 Å². The van der Waals surface area contributed by atoms with Crippen molar-refractivity contribution in [1.29, 1.82) is 0 Å². The Balaban J connectivity index is 1.28. The molecule has 1 aromatic heterocycles. The van der Waals surface area contributed by atoms with Crippen LogP contribution in [0.25, 0.3) is 0 Å². The van der Waals surface area contributed by atoms with Gasteiger partial charge < -0.3 is 9.80 Å². The summed E-state index contributed by atoms with van der Waals surface area (Å²) in [7, 11) is 0. The first-order valence-electron chi connectivity index (χ1n) is 10.0. The summed E-state index contributed by atoms with van der Waals surface area (Å²) in [5, 5.41) is 1.04. The van der Waals surface area contributed by atoms with Crippen LogP contribution in [0.15, 0.2) is 24.3 Å². The molecule has 1 amide bonds. The first-order valence-corrected chi connectivity index (χ1v) is 10.8. The zero-order chi connectivity index (χ0) is 18.8. The number of hydrogen-bond donors (Lipinski definition) is 0. The van der Waals surface area contributed by atoms with Crippen molar-refractivity contribution in [2.75, 3.05) is 24.5 Å². The normalized spacial score (nSPS) is 18.0. The highest BCUT2D eigenvalue weighted by molar-refractivity contribution is 7.09. The fourth-order valence-electron chi connectivity index (χ4n) is 4.00. The SMILES string of the molecule is CC(C)c1nsc(N2CCC(CC(=O)N3CCc4ccccc4C3)CC2)n1. The van der Waals surface area contributed by atoms with E-state index in [-0.39, 0.29) is 0 Å². The van der Waals surface area contributed by atoms with Crippen LogP contribution in [0, 0.1) is 5.92 Å². The van der Waals surface area contributed by atoms with E-state index in [9.17, 15) is 4.79 Å². The molecule has 0 bridgehead atoms. The van der Waals surface area contributed by atoms with Gasteiger partial charge in [0, 0.05) is 50.1 Å². The minimum absolute atomic E-state index is 0.320. The summed E-state index contributed by atoms with van der Waals surface area (Å²) < 4.78 is 4.47. The summed E-state index contributed by atoms with van der Waals surface area (Å²) in [5.74, 6) is 2.13. The first kappa shape index (κ1) is 18.4. The Labute approximate surface area is 165 Å². The Morgan fingerprint density at radius 2 is 1.93 bits per heavy atom. The maximum Gasteiger partial charge on any atom is 0.223 e. The molecule has 0 unspecified atom stereocenters. The second-order valence-electron chi connectivity index (χ2n) is 8.06. The molecule has 1 saturated heterocycles. The average Bonchev–Trinajstić information content (AvgIpc) is 3.19. The van der Waals surface area contributed by atoms with Gasteiger partial charge in [-0.25, -0.2) is 4.98 Å². The lowest BCUT2D eigenvalue weighted by molar-refractivity contribution is -0.133. The van der Waals surface area contributed by atoms with Crippen LogP contribution in [-0.4, -0.2) is 39.8 Å². The number of anilines is 1. The lowest BCUT2D eigenvalue weighted by Crippen LogP contribution is -2.39. The van der Waals surface area contributed by atoms with E-state index in [2.05, 4.69) is 52.4 Å². The molecule has 2 aliphatic rings. The summed E-state index contributed by atoms with van der Waals surface area (Å²) in [6.45, 7) is 7.85. The van der Waals surface area contributed by atoms with Crippen LogP contribution in [0.1, 0.15) is 56.0 Å². The summed E-state index contributed by atoms with van der Waals surface area (Å²) in [5.41, 5.74) is 2.71. The highest BCUT2D eigenvalue weighted by Crippen LogP contribution is 2.29. The van der Waals surface area contributed by atoms with Crippen molar-refractivity contribution in [3.8, 4) is 0 Å². The minimum atomic E-state index is 0.320. The number of hydrogen-bond acceptors (Lipinski definition) is 5. The number of amides is 1. The highest BCUT2D eigenvalue weighted by Gasteiger charge is 2.27. The Bertz CT molecular complexity index is 795. The molecule has 144 valence electrons.